The Morgan fingerprint density at radius 3 is 2.77 bits per heavy atom. The highest BCUT2D eigenvalue weighted by Crippen LogP contribution is 2.15. The molecule has 2 aromatic rings. The normalized spacial score (nSPS) is 16.5. The topological polar surface area (TPSA) is 41.5 Å². The van der Waals surface area contributed by atoms with Gasteiger partial charge in [-0.05, 0) is 20.0 Å². The van der Waals surface area contributed by atoms with Crippen molar-refractivity contribution in [3.8, 4) is 0 Å². The van der Waals surface area contributed by atoms with Gasteiger partial charge in [-0.3, -0.25) is 9.80 Å². The number of aryl methyl sites for hydroxylation is 1. The van der Waals surface area contributed by atoms with Crippen molar-refractivity contribution >= 4 is 10.9 Å². The van der Waals surface area contributed by atoms with Gasteiger partial charge in [0.1, 0.15) is 5.82 Å². The average molecular weight is 300 g/mol. The van der Waals surface area contributed by atoms with Crippen LogP contribution in [-0.4, -0.2) is 66.2 Å². The average Bonchev–Trinajstić information content (AvgIpc) is 2.54. The van der Waals surface area contributed by atoms with Crippen LogP contribution < -0.4 is 0 Å². The van der Waals surface area contributed by atoms with Gasteiger partial charge in [-0.15, -0.1) is 0 Å². The summed E-state index contributed by atoms with van der Waals surface area (Å²) in [6.07, 6.45) is 0. The van der Waals surface area contributed by atoms with Gasteiger partial charge in [-0.1, -0.05) is 18.2 Å². The van der Waals surface area contributed by atoms with Crippen molar-refractivity contribution < 1.29 is 4.74 Å². The summed E-state index contributed by atoms with van der Waals surface area (Å²) in [6, 6.07) is 8.20. The molecule has 1 aromatic heterocycles. The molecular weight excluding hydrogens is 276 g/mol. The summed E-state index contributed by atoms with van der Waals surface area (Å²) in [5.74, 6) is 0.903. The second-order valence-electron chi connectivity index (χ2n) is 5.93. The van der Waals surface area contributed by atoms with Crippen LogP contribution in [0.1, 0.15) is 11.5 Å². The van der Waals surface area contributed by atoms with Crippen LogP contribution in [0.15, 0.2) is 24.3 Å². The maximum Gasteiger partial charge on any atom is 0.143 e. The fourth-order valence-corrected chi connectivity index (χ4v) is 2.82. The highest BCUT2D eigenvalue weighted by atomic mass is 16.5. The van der Waals surface area contributed by atoms with Crippen molar-refractivity contribution in [3.05, 3.63) is 35.8 Å². The molecule has 1 aliphatic rings. The van der Waals surface area contributed by atoms with Gasteiger partial charge in [0.25, 0.3) is 0 Å². The number of fused-ring (bicyclic) bond motifs is 1. The van der Waals surface area contributed by atoms with E-state index in [2.05, 4.69) is 45.9 Å². The van der Waals surface area contributed by atoms with E-state index in [1.165, 1.54) is 0 Å². The minimum absolute atomic E-state index is 0.788. The summed E-state index contributed by atoms with van der Waals surface area (Å²) in [5.41, 5.74) is 2.09. The zero-order chi connectivity index (χ0) is 15.4. The molecule has 0 amide bonds. The molecule has 3 rings (SSSR count). The fourth-order valence-electron chi connectivity index (χ4n) is 2.82. The van der Waals surface area contributed by atoms with Crippen molar-refractivity contribution in [2.24, 2.45) is 0 Å². The van der Waals surface area contributed by atoms with Gasteiger partial charge in [0.2, 0.25) is 0 Å². The molecule has 0 bridgehead atoms. The molecule has 1 fully saturated rings. The molecule has 0 spiro atoms. The maximum atomic E-state index is 5.38. The summed E-state index contributed by atoms with van der Waals surface area (Å²) >= 11 is 0. The van der Waals surface area contributed by atoms with Gasteiger partial charge >= 0.3 is 0 Å². The second kappa shape index (κ2) is 7.13. The molecule has 5 nitrogen and oxygen atoms in total. The molecule has 0 radical (unpaired) electrons. The second-order valence-corrected chi connectivity index (χ2v) is 5.93. The van der Waals surface area contributed by atoms with Crippen molar-refractivity contribution in [1.82, 2.24) is 19.8 Å². The lowest BCUT2D eigenvalue weighted by Gasteiger charge is -2.28. The molecule has 1 aromatic carbocycles. The van der Waals surface area contributed by atoms with E-state index in [-0.39, 0.29) is 0 Å². The van der Waals surface area contributed by atoms with Gasteiger partial charge in [0.05, 0.1) is 25.3 Å². The van der Waals surface area contributed by atoms with Crippen LogP contribution in [0.2, 0.25) is 0 Å². The Labute approximate surface area is 131 Å². The fraction of sp³-hybridized carbons (Fsp3) is 0.529. The number of morpholine rings is 1. The smallest absolute Gasteiger partial charge is 0.143 e. The summed E-state index contributed by atoms with van der Waals surface area (Å²) in [6.45, 7) is 8.74. The van der Waals surface area contributed by atoms with Gasteiger partial charge in [0.15, 0.2) is 0 Å². The van der Waals surface area contributed by atoms with E-state index in [1.54, 1.807) is 0 Å². The van der Waals surface area contributed by atoms with Crippen LogP contribution >= 0.6 is 0 Å². The third-order valence-electron chi connectivity index (χ3n) is 4.15. The van der Waals surface area contributed by atoms with Crippen molar-refractivity contribution in [2.45, 2.75) is 13.5 Å². The van der Waals surface area contributed by atoms with E-state index in [1.807, 2.05) is 12.1 Å². The number of aromatic nitrogens is 2. The number of para-hydroxylation sites is 1. The van der Waals surface area contributed by atoms with Gasteiger partial charge < -0.3 is 4.74 Å². The molecule has 0 unspecified atom stereocenters. The van der Waals surface area contributed by atoms with E-state index in [0.717, 1.165) is 68.4 Å². The predicted octanol–water partition coefficient (Wildman–Crippen LogP) is 1.70. The number of rotatable bonds is 5. The van der Waals surface area contributed by atoms with E-state index in [4.69, 9.17) is 4.74 Å². The summed E-state index contributed by atoms with van der Waals surface area (Å²) in [7, 11) is 2.13. The lowest BCUT2D eigenvalue weighted by molar-refractivity contribution is 0.0341. The number of hydrogen-bond donors (Lipinski definition) is 0. The van der Waals surface area contributed by atoms with Crippen LogP contribution in [-0.2, 0) is 11.3 Å². The van der Waals surface area contributed by atoms with Crippen molar-refractivity contribution in [1.29, 1.82) is 0 Å². The number of likely N-dealkylation sites (N-methyl/N-ethyl adjacent to an activating group) is 1. The monoisotopic (exact) mass is 300 g/mol. The first kappa shape index (κ1) is 15.3. The highest BCUT2D eigenvalue weighted by Gasteiger charge is 2.12. The van der Waals surface area contributed by atoms with Gasteiger partial charge in [-0.25, -0.2) is 9.97 Å². The molecule has 118 valence electrons. The Hall–Kier alpha value is -1.56. The summed E-state index contributed by atoms with van der Waals surface area (Å²) in [4.78, 5) is 14.1. The molecule has 1 aliphatic heterocycles. The van der Waals surface area contributed by atoms with Crippen LogP contribution in [0.5, 0.6) is 0 Å². The Kier molecular flexibility index (Phi) is 4.97. The number of nitrogens with zero attached hydrogens (tertiary/aromatic N) is 4. The van der Waals surface area contributed by atoms with Crippen LogP contribution in [0.3, 0.4) is 0 Å². The molecule has 0 N–H and O–H groups in total. The molecule has 2 heterocycles. The molecular formula is C17H24N4O. The van der Waals surface area contributed by atoms with Crippen LogP contribution in [0.4, 0.5) is 0 Å². The first-order valence-electron chi connectivity index (χ1n) is 7.93. The lowest BCUT2D eigenvalue weighted by atomic mass is 10.2. The summed E-state index contributed by atoms with van der Waals surface area (Å²) < 4.78 is 5.38. The van der Waals surface area contributed by atoms with Crippen LogP contribution in [0, 0.1) is 6.92 Å². The van der Waals surface area contributed by atoms with Crippen LogP contribution in [0.25, 0.3) is 10.9 Å². The van der Waals surface area contributed by atoms with E-state index >= 15 is 0 Å². The standard InChI is InChI=1S/C17H24N4O/c1-14-15-5-3-4-6-16(15)19-17(18-14)13-20(2)7-8-21-9-11-22-12-10-21/h3-6H,7-13H2,1-2H3. The Balaban J connectivity index is 1.60. The Morgan fingerprint density at radius 1 is 1.18 bits per heavy atom. The largest absolute Gasteiger partial charge is 0.379 e. The minimum Gasteiger partial charge on any atom is -0.379 e. The minimum atomic E-state index is 0.788. The zero-order valence-corrected chi connectivity index (χ0v) is 13.5. The third-order valence-corrected chi connectivity index (χ3v) is 4.15. The third kappa shape index (κ3) is 3.80. The maximum absolute atomic E-state index is 5.38. The Morgan fingerprint density at radius 2 is 1.95 bits per heavy atom. The van der Waals surface area contributed by atoms with Gasteiger partial charge in [0, 0.05) is 37.3 Å². The predicted molar refractivity (Wildman–Crippen MR) is 87.9 cm³/mol. The van der Waals surface area contributed by atoms with E-state index < -0.39 is 0 Å². The highest BCUT2D eigenvalue weighted by molar-refractivity contribution is 5.80. The Bertz CT molecular complexity index is 625. The lowest BCUT2D eigenvalue weighted by Crippen LogP contribution is -2.40. The van der Waals surface area contributed by atoms with Crippen molar-refractivity contribution in [3.63, 3.8) is 0 Å². The van der Waals surface area contributed by atoms with E-state index in [9.17, 15) is 0 Å². The zero-order valence-electron chi connectivity index (χ0n) is 13.5. The first-order chi connectivity index (χ1) is 10.7. The molecule has 22 heavy (non-hydrogen) atoms. The molecule has 0 aliphatic carbocycles. The molecule has 0 atom stereocenters. The van der Waals surface area contributed by atoms with E-state index in [0.29, 0.717) is 0 Å². The molecule has 1 saturated heterocycles. The molecule has 5 heteroatoms. The first-order valence-corrected chi connectivity index (χ1v) is 7.93. The van der Waals surface area contributed by atoms with Gasteiger partial charge in [-0.2, -0.15) is 0 Å². The summed E-state index contributed by atoms with van der Waals surface area (Å²) in [5, 5.41) is 1.14. The number of ether oxygens (including phenoxy) is 1. The number of hydrogen-bond acceptors (Lipinski definition) is 5. The SMILES string of the molecule is Cc1nc(CN(C)CCN2CCOCC2)nc2ccccc12. The quantitative estimate of drug-likeness (QED) is 0.841. The number of benzene rings is 1. The van der Waals surface area contributed by atoms with Crippen molar-refractivity contribution in [2.75, 3.05) is 46.4 Å². The molecule has 0 saturated carbocycles.